The first kappa shape index (κ1) is 22.6. The second kappa shape index (κ2) is 9.37. The lowest BCUT2D eigenvalue weighted by atomic mass is 9.91. The molecule has 1 aliphatic rings. The molecule has 2 heterocycles. The second-order valence-electron chi connectivity index (χ2n) is 8.31. The molecular formula is C24H30N2O5. The number of Topliss-reactive ketones (excluding diaryl/α,β-unsaturated/α-hetero) is 1. The molecule has 1 aliphatic heterocycles. The van der Waals surface area contributed by atoms with E-state index in [2.05, 4.69) is 18.8 Å². The van der Waals surface area contributed by atoms with E-state index in [1.807, 2.05) is 0 Å². The fourth-order valence-corrected chi connectivity index (χ4v) is 4.38. The molecule has 31 heavy (non-hydrogen) atoms. The van der Waals surface area contributed by atoms with Crippen molar-refractivity contribution in [2.24, 2.45) is 11.8 Å². The van der Waals surface area contributed by atoms with Gasteiger partial charge in [-0.05, 0) is 49.8 Å². The number of hydrogen-bond donors (Lipinski definition) is 1. The molecule has 0 spiro atoms. The molecule has 3 rings (SSSR count). The topological polar surface area (TPSA) is 88.7 Å². The number of nitrogens with one attached hydrogen (secondary N) is 1. The van der Waals surface area contributed by atoms with Gasteiger partial charge >= 0.3 is 5.97 Å². The van der Waals surface area contributed by atoms with E-state index in [4.69, 9.17) is 9.47 Å². The van der Waals surface area contributed by atoms with Gasteiger partial charge in [0.15, 0.2) is 0 Å². The molecule has 1 amide bonds. The van der Waals surface area contributed by atoms with Crippen molar-refractivity contribution in [1.82, 2.24) is 9.88 Å². The van der Waals surface area contributed by atoms with Crippen LogP contribution in [0.1, 0.15) is 53.7 Å². The van der Waals surface area contributed by atoms with Crippen molar-refractivity contribution in [2.45, 2.75) is 34.1 Å². The fourth-order valence-electron chi connectivity index (χ4n) is 4.38. The second-order valence-corrected chi connectivity index (χ2v) is 8.31. The predicted octanol–water partition coefficient (Wildman–Crippen LogP) is 3.86. The van der Waals surface area contributed by atoms with E-state index in [-0.39, 0.29) is 17.9 Å². The lowest BCUT2D eigenvalue weighted by molar-refractivity contribution is -0.129. The number of hydrogen-bond acceptors (Lipinski definition) is 5. The van der Waals surface area contributed by atoms with Crippen LogP contribution in [-0.2, 0) is 9.53 Å². The molecule has 2 aromatic rings. The third kappa shape index (κ3) is 4.65. The zero-order valence-electron chi connectivity index (χ0n) is 18.8. The Morgan fingerprint density at radius 3 is 2.26 bits per heavy atom. The minimum atomic E-state index is -0.647. The Bertz CT molecular complexity index is 967. The summed E-state index contributed by atoms with van der Waals surface area (Å²) in [6.07, 6.45) is 1.03. The molecule has 166 valence electrons. The molecular weight excluding hydrogens is 396 g/mol. The highest BCUT2D eigenvalue weighted by molar-refractivity contribution is 6.43. The Labute approximate surface area is 182 Å². The third-order valence-corrected chi connectivity index (χ3v) is 5.62. The van der Waals surface area contributed by atoms with Crippen LogP contribution in [0, 0.1) is 18.8 Å². The van der Waals surface area contributed by atoms with E-state index in [0.29, 0.717) is 47.5 Å². The fraction of sp³-hybridized carbons (Fsp3) is 0.458. The van der Waals surface area contributed by atoms with Crippen molar-refractivity contribution in [3.8, 4) is 16.9 Å². The number of carbonyl (C=O) groups excluding carboxylic acids is 3. The van der Waals surface area contributed by atoms with E-state index in [1.165, 1.54) is 0 Å². The molecule has 0 bridgehead atoms. The van der Waals surface area contributed by atoms with Gasteiger partial charge in [-0.1, -0.05) is 26.0 Å². The summed E-state index contributed by atoms with van der Waals surface area (Å²) in [5, 5.41) is 0. The van der Waals surface area contributed by atoms with Gasteiger partial charge in [-0.3, -0.25) is 9.59 Å². The number of aromatic amines is 1. The molecule has 1 saturated heterocycles. The predicted molar refractivity (Wildman–Crippen MR) is 117 cm³/mol. The number of esters is 1. The quantitative estimate of drug-likeness (QED) is 0.430. The van der Waals surface area contributed by atoms with Crippen LogP contribution in [-0.4, -0.2) is 54.3 Å². The molecule has 7 nitrogen and oxygen atoms in total. The van der Waals surface area contributed by atoms with Crippen LogP contribution >= 0.6 is 0 Å². The van der Waals surface area contributed by atoms with E-state index in [9.17, 15) is 14.4 Å². The standard InChI is InChI=1S/C24H30N2O5/c1-6-31-24(29)19-16(4)25-21(20(19)17-7-9-18(30-5)10-8-17)22(27)23(28)26-12-14(2)11-15(3)13-26/h7-10,14-15,25H,6,11-13H2,1-5H3/t14-,15+. The Hall–Kier alpha value is -3.09. The number of methoxy groups -OCH3 is 1. The Morgan fingerprint density at radius 2 is 1.71 bits per heavy atom. The number of benzene rings is 1. The van der Waals surface area contributed by atoms with Gasteiger partial charge in [0.05, 0.1) is 19.3 Å². The van der Waals surface area contributed by atoms with Gasteiger partial charge in [0.2, 0.25) is 0 Å². The molecule has 2 atom stereocenters. The van der Waals surface area contributed by atoms with Crippen molar-refractivity contribution in [1.29, 1.82) is 0 Å². The molecule has 0 radical (unpaired) electrons. The van der Waals surface area contributed by atoms with Gasteiger partial charge in [0.1, 0.15) is 11.4 Å². The zero-order chi connectivity index (χ0) is 22.7. The number of aromatic nitrogens is 1. The summed E-state index contributed by atoms with van der Waals surface area (Å²) in [5.74, 6) is -0.414. The van der Waals surface area contributed by atoms with Crippen molar-refractivity contribution in [2.75, 3.05) is 26.8 Å². The molecule has 1 fully saturated rings. The zero-order valence-corrected chi connectivity index (χ0v) is 18.8. The Balaban J connectivity index is 2.06. The van der Waals surface area contributed by atoms with E-state index >= 15 is 0 Å². The maximum absolute atomic E-state index is 13.3. The molecule has 0 saturated carbocycles. The first-order valence-electron chi connectivity index (χ1n) is 10.6. The van der Waals surface area contributed by atoms with Crippen molar-refractivity contribution < 1.29 is 23.9 Å². The summed E-state index contributed by atoms with van der Waals surface area (Å²) < 4.78 is 10.4. The smallest absolute Gasteiger partial charge is 0.340 e. The molecule has 1 aromatic carbocycles. The number of H-pyrrole nitrogens is 1. The highest BCUT2D eigenvalue weighted by atomic mass is 16.5. The minimum absolute atomic E-state index is 0.113. The number of carbonyl (C=O) groups is 3. The van der Waals surface area contributed by atoms with Gasteiger partial charge in [0, 0.05) is 24.3 Å². The number of nitrogens with zero attached hydrogens (tertiary/aromatic N) is 1. The number of ketones is 1. The number of rotatable bonds is 6. The van der Waals surface area contributed by atoms with Crippen LogP contribution in [0.5, 0.6) is 5.75 Å². The average molecular weight is 427 g/mol. The SMILES string of the molecule is CCOC(=O)c1c(C)[nH]c(C(=O)C(=O)N2C[C@H](C)C[C@H](C)C2)c1-c1ccc(OC)cc1. The van der Waals surface area contributed by atoms with Crippen molar-refractivity contribution in [3.63, 3.8) is 0 Å². The average Bonchev–Trinajstić information content (AvgIpc) is 3.09. The van der Waals surface area contributed by atoms with Crippen molar-refractivity contribution >= 4 is 17.7 Å². The van der Waals surface area contributed by atoms with E-state index < -0.39 is 17.7 Å². The van der Waals surface area contributed by atoms with Gasteiger partial charge in [0.25, 0.3) is 11.7 Å². The number of piperidine rings is 1. The largest absolute Gasteiger partial charge is 0.497 e. The maximum Gasteiger partial charge on any atom is 0.340 e. The van der Waals surface area contributed by atoms with Crippen LogP contribution < -0.4 is 4.74 Å². The van der Waals surface area contributed by atoms with E-state index in [1.54, 1.807) is 50.1 Å². The minimum Gasteiger partial charge on any atom is -0.497 e. The Morgan fingerprint density at radius 1 is 1.10 bits per heavy atom. The van der Waals surface area contributed by atoms with Crippen LogP contribution in [0.2, 0.25) is 0 Å². The van der Waals surface area contributed by atoms with Crippen LogP contribution in [0.3, 0.4) is 0 Å². The molecule has 7 heteroatoms. The van der Waals surface area contributed by atoms with Gasteiger partial charge < -0.3 is 19.4 Å². The van der Waals surface area contributed by atoms with Gasteiger partial charge in [-0.15, -0.1) is 0 Å². The summed E-state index contributed by atoms with van der Waals surface area (Å²) in [7, 11) is 1.56. The highest BCUT2D eigenvalue weighted by Gasteiger charge is 2.34. The highest BCUT2D eigenvalue weighted by Crippen LogP contribution is 2.33. The lowest BCUT2D eigenvalue weighted by Crippen LogP contribution is -2.45. The third-order valence-electron chi connectivity index (χ3n) is 5.62. The summed E-state index contributed by atoms with van der Waals surface area (Å²) in [6, 6.07) is 7.01. The molecule has 1 N–H and O–H groups in total. The summed E-state index contributed by atoms with van der Waals surface area (Å²) >= 11 is 0. The van der Waals surface area contributed by atoms with E-state index in [0.717, 1.165) is 6.42 Å². The van der Waals surface area contributed by atoms with Crippen molar-refractivity contribution in [3.05, 3.63) is 41.2 Å². The number of aryl methyl sites for hydroxylation is 1. The first-order chi connectivity index (χ1) is 14.8. The Kier molecular flexibility index (Phi) is 6.83. The van der Waals surface area contributed by atoms with Crippen LogP contribution in [0.4, 0.5) is 0 Å². The number of likely N-dealkylation sites (tertiary alicyclic amines) is 1. The maximum atomic E-state index is 13.3. The number of ether oxygens (including phenoxy) is 2. The van der Waals surface area contributed by atoms with Crippen LogP contribution in [0.15, 0.2) is 24.3 Å². The first-order valence-corrected chi connectivity index (χ1v) is 10.6. The van der Waals surface area contributed by atoms with Gasteiger partial charge in [-0.2, -0.15) is 0 Å². The molecule has 1 aromatic heterocycles. The lowest BCUT2D eigenvalue weighted by Gasteiger charge is -2.34. The molecule has 0 aliphatic carbocycles. The monoisotopic (exact) mass is 426 g/mol. The van der Waals surface area contributed by atoms with Crippen LogP contribution in [0.25, 0.3) is 11.1 Å². The molecule has 0 unspecified atom stereocenters. The van der Waals surface area contributed by atoms with Gasteiger partial charge in [-0.25, -0.2) is 4.79 Å². The summed E-state index contributed by atoms with van der Waals surface area (Å²) in [5.41, 5.74) is 1.88. The number of amides is 1. The summed E-state index contributed by atoms with van der Waals surface area (Å²) in [6.45, 7) is 8.90. The summed E-state index contributed by atoms with van der Waals surface area (Å²) in [4.78, 5) is 43.8. The normalized spacial score (nSPS) is 18.5.